The second kappa shape index (κ2) is 10.8. The van der Waals surface area contributed by atoms with Crippen LogP contribution in [0.2, 0.25) is 0 Å². The van der Waals surface area contributed by atoms with Crippen molar-refractivity contribution in [2.75, 3.05) is 33.3 Å². The van der Waals surface area contributed by atoms with Crippen molar-refractivity contribution in [2.24, 2.45) is 5.92 Å². The number of aromatic amines is 1. The highest BCUT2D eigenvalue weighted by Crippen LogP contribution is 2.19. The number of pyridine rings is 1. The molecule has 0 bridgehead atoms. The molecule has 2 amide bonds. The first kappa shape index (κ1) is 24.1. The van der Waals surface area contributed by atoms with Crippen LogP contribution < -0.4 is 5.56 Å². The van der Waals surface area contributed by atoms with E-state index in [1.54, 1.807) is 32.7 Å². The third-order valence-electron chi connectivity index (χ3n) is 5.70. The molecule has 0 spiro atoms. The first-order valence-corrected chi connectivity index (χ1v) is 10.5. The van der Waals surface area contributed by atoms with E-state index in [0.717, 1.165) is 12.0 Å². The van der Waals surface area contributed by atoms with Crippen LogP contribution in [0.3, 0.4) is 0 Å². The number of carbonyl (C=O) groups excluding carboxylic acids is 3. The number of likely N-dealkylation sites (N-methyl/N-ethyl adjacent to an activating group) is 1. The maximum absolute atomic E-state index is 12.6. The summed E-state index contributed by atoms with van der Waals surface area (Å²) < 4.78 is 5.06. The zero-order chi connectivity index (χ0) is 23.1. The molecule has 1 aliphatic rings. The maximum Gasteiger partial charge on any atom is 0.310 e. The number of nitriles is 1. The summed E-state index contributed by atoms with van der Waals surface area (Å²) in [5, 5.41) is 9.17. The number of carbonyl (C=O) groups is 3. The third kappa shape index (κ3) is 5.94. The molecule has 9 heteroatoms. The summed E-state index contributed by atoms with van der Waals surface area (Å²) >= 11 is 0. The molecule has 2 heterocycles. The van der Waals surface area contributed by atoms with Crippen LogP contribution in [-0.4, -0.2) is 65.9 Å². The number of ether oxygens (including phenoxy) is 1. The molecule has 0 radical (unpaired) electrons. The van der Waals surface area contributed by atoms with Crippen LogP contribution in [0.15, 0.2) is 4.79 Å². The zero-order valence-corrected chi connectivity index (χ0v) is 18.6. The molecule has 0 saturated carbocycles. The van der Waals surface area contributed by atoms with Crippen LogP contribution >= 0.6 is 0 Å². The highest BCUT2D eigenvalue weighted by molar-refractivity contribution is 5.85. The first-order chi connectivity index (χ1) is 14.7. The van der Waals surface area contributed by atoms with Crippen LogP contribution in [0.5, 0.6) is 0 Å². The van der Waals surface area contributed by atoms with Gasteiger partial charge in [0.1, 0.15) is 11.6 Å². The topological polar surface area (TPSA) is 124 Å². The Kier molecular flexibility index (Phi) is 8.37. The molecule has 1 fully saturated rings. The second-order valence-corrected chi connectivity index (χ2v) is 7.85. The smallest absolute Gasteiger partial charge is 0.310 e. The van der Waals surface area contributed by atoms with Crippen LogP contribution in [0.1, 0.15) is 48.6 Å². The van der Waals surface area contributed by atoms with E-state index < -0.39 is 5.56 Å². The Balaban J connectivity index is 1.94. The first-order valence-electron chi connectivity index (χ1n) is 10.5. The molecule has 168 valence electrons. The Morgan fingerprint density at radius 2 is 2.03 bits per heavy atom. The molecule has 0 aliphatic carbocycles. The van der Waals surface area contributed by atoms with Gasteiger partial charge in [-0.2, -0.15) is 5.26 Å². The van der Waals surface area contributed by atoms with Crippen molar-refractivity contribution in [1.82, 2.24) is 14.8 Å². The zero-order valence-electron chi connectivity index (χ0n) is 18.6. The summed E-state index contributed by atoms with van der Waals surface area (Å²) in [6.07, 6.45) is 1.92. The summed E-state index contributed by atoms with van der Waals surface area (Å²) in [7, 11) is 1.57. The average Bonchev–Trinajstić information content (AvgIpc) is 2.73. The minimum atomic E-state index is -0.432. The van der Waals surface area contributed by atoms with Crippen molar-refractivity contribution >= 4 is 17.8 Å². The predicted molar refractivity (Wildman–Crippen MR) is 113 cm³/mol. The molecule has 1 saturated heterocycles. The number of nitrogens with zero attached hydrogens (tertiary/aromatic N) is 3. The fraction of sp³-hybridized carbons (Fsp3) is 0.591. The van der Waals surface area contributed by atoms with Crippen molar-refractivity contribution in [3.05, 3.63) is 32.7 Å². The lowest BCUT2D eigenvalue weighted by atomic mass is 9.98. The van der Waals surface area contributed by atoms with Gasteiger partial charge in [-0.1, -0.05) is 0 Å². The van der Waals surface area contributed by atoms with Gasteiger partial charge >= 0.3 is 5.97 Å². The minimum Gasteiger partial charge on any atom is -0.466 e. The highest BCUT2D eigenvalue weighted by atomic mass is 16.5. The average molecular weight is 431 g/mol. The number of piperidine rings is 1. The van der Waals surface area contributed by atoms with E-state index >= 15 is 0 Å². The monoisotopic (exact) mass is 430 g/mol. The van der Waals surface area contributed by atoms with E-state index in [4.69, 9.17) is 10.00 Å². The van der Waals surface area contributed by atoms with Crippen LogP contribution in [0.25, 0.3) is 0 Å². The van der Waals surface area contributed by atoms with Gasteiger partial charge in [-0.25, -0.2) is 0 Å². The minimum absolute atomic E-state index is 0.0535. The summed E-state index contributed by atoms with van der Waals surface area (Å²) in [5.41, 5.74) is 1.59. The number of hydrogen-bond donors (Lipinski definition) is 1. The quantitative estimate of drug-likeness (QED) is 0.645. The summed E-state index contributed by atoms with van der Waals surface area (Å²) in [6.45, 7) is 6.30. The molecular formula is C22H30N4O5. The molecule has 31 heavy (non-hydrogen) atoms. The van der Waals surface area contributed by atoms with E-state index in [0.29, 0.717) is 43.8 Å². The summed E-state index contributed by atoms with van der Waals surface area (Å²) in [4.78, 5) is 54.7. The van der Waals surface area contributed by atoms with E-state index in [1.165, 1.54) is 4.90 Å². The standard InChI is InChI=1S/C22H30N4O5/c1-5-31-22(30)16-7-6-10-26(12-16)20(28)13-25(4)19(27)9-8-17-14(2)18(11-23)21(29)24-15(17)3/h16H,5-10,12-13H2,1-4H3,(H,24,29). The van der Waals surface area contributed by atoms with Crippen molar-refractivity contribution in [2.45, 2.75) is 46.5 Å². The Morgan fingerprint density at radius 1 is 1.32 bits per heavy atom. The Bertz CT molecular complexity index is 946. The van der Waals surface area contributed by atoms with Crippen LogP contribution in [0.4, 0.5) is 0 Å². The molecule has 1 unspecified atom stereocenters. The molecule has 1 atom stereocenters. The van der Waals surface area contributed by atoms with Gasteiger partial charge in [0, 0.05) is 32.3 Å². The maximum atomic E-state index is 12.6. The molecule has 0 aromatic carbocycles. The van der Waals surface area contributed by atoms with E-state index in [1.807, 2.05) is 6.07 Å². The van der Waals surface area contributed by atoms with Crippen molar-refractivity contribution in [3.8, 4) is 6.07 Å². The third-order valence-corrected chi connectivity index (χ3v) is 5.70. The van der Waals surface area contributed by atoms with Crippen molar-refractivity contribution in [3.63, 3.8) is 0 Å². The van der Waals surface area contributed by atoms with Crippen LogP contribution in [-0.2, 0) is 25.5 Å². The Hall–Kier alpha value is -3.15. The Morgan fingerprint density at radius 3 is 2.68 bits per heavy atom. The molecule has 1 N–H and O–H groups in total. The number of hydrogen-bond acceptors (Lipinski definition) is 6. The number of esters is 1. The van der Waals surface area contributed by atoms with Gasteiger partial charge in [0.15, 0.2) is 0 Å². The Labute approximate surface area is 182 Å². The lowest BCUT2D eigenvalue weighted by Crippen LogP contribution is -2.47. The number of aryl methyl sites for hydroxylation is 1. The van der Waals surface area contributed by atoms with Crippen LogP contribution in [0, 0.1) is 31.1 Å². The predicted octanol–water partition coefficient (Wildman–Crippen LogP) is 1.06. The normalized spacial score (nSPS) is 15.8. The number of amides is 2. The summed E-state index contributed by atoms with van der Waals surface area (Å²) in [6, 6.07) is 1.90. The number of rotatable bonds is 7. The molecular weight excluding hydrogens is 400 g/mol. The molecule has 1 aromatic heterocycles. The number of nitrogens with one attached hydrogen (secondary N) is 1. The molecule has 9 nitrogen and oxygen atoms in total. The van der Waals surface area contributed by atoms with Gasteiger partial charge < -0.3 is 19.5 Å². The number of H-pyrrole nitrogens is 1. The fourth-order valence-electron chi connectivity index (χ4n) is 3.89. The molecule has 1 aliphatic heterocycles. The fourth-order valence-corrected chi connectivity index (χ4v) is 3.89. The number of aromatic nitrogens is 1. The van der Waals surface area contributed by atoms with Gasteiger partial charge in [-0.15, -0.1) is 0 Å². The van der Waals surface area contributed by atoms with Gasteiger partial charge in [-0.05, 0) is 51.2 Å². The lowest BCUT2D eigenvalue weighted by molar-refractivity contribution is -0.152. The summed E-state index contributed by atoms with van der Waals surface area (Å²) in [5.74, 6) is -1.02. The molecule has 1 aromatic rings. The second-order valence-electron chi connectivity index (χ2n) is 7.85. The SMILES string of the molecule is CCOC(=O)C1CCCN(C(=O)CN(C)C(=O)CCc2c(C)[nH]c(=O)c(C#N)c2C)C1. The van der Waals surface area contributed by atoms with E-state index in [-0.39, 0.29) is 42.2 Å². The lowest BCUT2D eigenvalue weighted by Gasteiger charge is -2.32. The van der Waals surface area contributed by atoms with E-state index in [9.17, 15) is 19.2 Å². The largest absolute Gasteiger partial charge is 0.466 e. The van der Waals surface area contributed by atoms with Gasteiger partial charge in [0.2, 0.25) is 11.8 Å². The van der Waals surface area contributed by atoms with Gasteiger partial charge in [0.25, 0.3) is 5.56 Å². The van der Waals surface area contributed by atoms with Gasteiger partial charge in [-0.3, -0.25) is 19.2 Å². The van der Waals surface area contributed by atoms with Crippen molar-refractivity contribution in [1.29, 1.82) is 5.26 Å². The van der Waals surface area contributed by atoms with Crippen molar-refractivity contribution < 1.29 is 19.1 Å². The molecule has 2 rings (SSSR count). The van der Waals surface area contributed by atoms with Gasteiger partial charge in [0.05, 0.1) is 19.1 Å². The van der Waals surface area contributed by atoms with E-state index in [2.05, 4.69) is 4.98 Å². The highest BCUT2D eigenvalue weighted by Gasteiger charge is 2.30. The number of likely N-dealkylation sites (tertiary alicyclic amines) is 1.